The van der Waals surface area contributed by atoms with E-state index in [-0.39, 0.29) is 23.9 Å². The molecule has 0 saturated heterocycles. The first-order valence-corrected chi connectivity index (χ1v) is 12.1. The Morgan fingerprint density at radius 1 is 1.09 bits per heavy atom. The Balaban J connectivity index is 1.48. The molecule has 0 radical (unpaired) electrons. The van der Waals surface area contributed by atoms with Gasteiger partial charge in [0.2, 0.25) is 0 Å². The highest BCUT2D eigenvalue weighted by atomic mass is 35.5. The summed E-state index contributed by atoms with van der Waals surface area (Å²) < 4.78 is 6.64. The number of aliphatic imine (C=N–C) groups is 1. The minimum atomic E-state index is -1.09. The predicted molar refractivity (Wildman–Crippen MR) is 134 cm³/mol. The summed E-state index contributed by atoms with van der Waals surface area (Å²) in [6.45, 7) is 0. The number of carbonyl (C=O) groups is 1. The molecule has 1 spiro atoms. The first kappa shape index (κ1) is 21.2. The fraction of sp³-hybridized carbons (Fsp3) is 0.286. The van der Waals surface area contributed by atoms with Crippen molar-refractivity contribution in [2.45, 2.75) is 43.2 Å². The van der Waals surface area contributed by atoms with E-state index in [0.29, 0.717) is 17.2 Å². The number of likely N-dealkylation sites (N-methyl/N-ethyl adjacent to an activating group) is 1. The van der Waals surface area contributed by atoms with Gasteiger partial charge in [0, 0.05) is 30.0 Å². The van der Waals surface area contributed by atoms with E-state index in [4.69, 9.17) is 27.1 Å². The number of rotatable bonds is 2. The van der Waals surface area contributed by atoms with Crippen molar-refractivity contribution in [3.63, 3.8) is 0 Å². The maximum Gasteiger partial charge on any atom is 0.261 e. The lowest BCUT2D eigenvalue weighted by molar-refractivity contribution is -0.132. The maximum atomic E-state index is 13.7. The van der Waals surface area contributed by atoms with Gasteiger partial charge in [0.15, 0.2) is 11.5 Å². The van der Waals surface area contributed by atoms with Crippen LogP contribution in [0.3, 0.4) is 0 Å². The molecule has 3 atom stereocenters. The minimum Gasteiger partial charge on any atom is -0.489 e. The number of hydrogen-bond acceptors (Lipinski definition) is 4. The van der Waals surface area contributed by atoms with Crippen LogP contribution in [0.2, 0.25) is 5.02 Å². The fourth-order valence-corrected chi connectivity index (χ4v) is 6.01. The molecular formula is C28H26ClN3O2. The van der Waals surface area contributed by atoms with Crippen molar-refractivity contribution in [1.82, 2.24) is 4.90 Å². The van der Waals surface area contributed by atoms with Crippen molar-refractivity contribution in [3.05, 3.63) is 88.4 Å². The van der Waals surface area contributed by atoms with Gasteiger partial charge < -0.3 is 10.5 Å². The Labute approximate surface area is 204 Å². The van der Waals surface area contributed by atoms with E-state index in [2.05, 4.69) is 24.3 Å². The molecule has 3 aliphatic rings. The molecule has 3 aromatic rings. The highest BCUT2D eigenvalue weighted by Crippen LogP contribution is 2.50. The van der Waals surface area contributed by atoms with Crippen LogP contribution in [0, 0.1) is 0 Å². The molecule has 2 heterocycles. The van der Waals surface area contributed by atoms with Gasteiger partial charge in [0.05, 0.1) is 0 Å². The van der Waals surface area contributed by atoms with Crippen molar-refractivity contribution in [3.8, 4) is 16.9 Å². The molecule has 0 bridgehead atoms. The first-order valence-electron chi connectivity index (χ1n) is 11.7. The molecular weight excluding hydrogens is 446 g/mol. The Kier molecular flexibility index (Phi) is 4.92. The Hall–Kier alpha value is -3.31. The number of carbonyl (C=O) groups excluding carboxylic acids is 1. The normalized spacial score (nSPS) is 25.5. The van der Waals surface area contributed by atoms with Crippen LogP contribution < -0.4 is 10.5 Å². The third-order valence-corrected chi connectivity index (χ3v) is 7.77. The average Bonchev–Trinajstić information content (AvgIpc) is 3.07. The summed E-state index contributed by atoms with van der Waals surface area (Å²) in [5.41, 5.74) is 10.5. The molecule has 6 rings (SSSR count). The van der Waals surface area contributed by atoms with Crippen molar-refractivity contribution in [2.24, 2.45) is 10.7 Å². The van der Waals surface area contributed by atoms with E-state index < -0.39 is 5.54 Å². The summed E-state index contributed by atoms with van der Waals surface area (Å²) in [5, 5.41) is 0.663. The van der Waals surface area contributed by atoms with Gasteiger partial charge in [-0.3, -0.25) is 9.69 Å². The van der Waals surface area contributed by atoms with Gasteiger partial charge in [-0.25, -0.2) is 4.99 Å². The van der Waals surface area contributed by atoms with E-state index in [1.165, 1.54) is 16.0 Å². The van der Waals surface area contributed by atoms with Crippen molar-refractivity contribution < 1.29 is 9.53 Å². The fourth-order valence-electron chi connectivity index (χ4n) is 5.82. The molecule has 3 unspecified atom stereocenters. The molecule has 2 N–H and O–H groups in total. The van der Waals surface area contributed by atoms with E-state index in [1.807, 2.05) is 42.5 Å². The lowest BCUT2D eigenvalue weighted by atomic mass is 9.73. The molecule has 34 heavy (non-hydrogen) atoms. The van der Waals surface area contributed by atoms with Gasteiger partial charge in [-0.1, -0.05) is 54.1 Å². The summed E-state index contributed by atoms with van der Waals surface area (Å²) in [6.07, 6.45) is 3.50. The number of nitrogens with zero attached hydrogens (tertiary/aromatic N) is 2. The monoisotopic (exact) mass is 471 g/mol. The topological polar surface area (TPSA) is 67.9 Å². The van der Waals surface area contributed by atoms with Crippen LogP contribution in [0.15, 0.2) is 71.7 Å². The SMILES string of the molecule is CN1C(=O)C2(CC(C3CCCc4ccccc43)Oc3ccc(-c4cccc(Cl)c4)cc32)N=C1N. The van der Waals surface area contributed by atoms with Crippen molar-refractivity contribution in [1.29, 1.82) is 0 Å². The second-order valence-corrected chi connectivity index (χ2v) is 9.91. The Bertz CT molecular complexity index is 1340. The largest absolute Gasteiger partial charge is 0.489 e. The Morgan fingerprint density at radius 3 is 2.71 bits per heavy atom. The highest BCUT2D eigenvalue weighted by Gasteiger charge is 2.54. The summed E-state index contributed by atoms with van der Waals surface area (Å²) in [7, 11) is 1.69. The van der Waals surface area contributed by atoms with Gasteiger partial charge in [-0.2, -0.15) is 0 Å². The number of nitrogens with two attached hydrogens (primary N) is 1. The average molecular weight is 472 g/mol. The molecule has 1 aliphatic carbocycles. The number of amides is 1. The number of ether oxygens (including phenoxy) is 1. The minimum absolute atomic E-state index is 0.105. The van der Waals surface area contributed by atoms with E-state index in [1.54, 1.807) is 7.05 Å². The van der Waals surface area contributed by atoms with Crippen molar-refractivity contribution in [2.75, 3.05) is 7.05 Å². The number of fused-ring (bicyclic) bond motifs is 3. The molecule has 0 aromatic heterocycles. The number of hydrogen-bond donors (Lipinski definition) is 1. The van der Waals surface area contributed by atoms with Crippen LogP contribution in [0.4, 0.5) is 0 Å². The predicted octanol–water partition coefficient (Wildman–Crippen LogP) is 5.26. The van der Waals surface area contributed by atoms with Gasteiger partial charge in [-0.15, -0.1) is 0 Å². The highest BCUT2D eigenvalue weighted by molar-refractivity contribution is 6.30. The molecule has 1 amide bonds. The molecule has 172 valence electrons. The number of aryl methyl sites for hydroxylation is 1. The molecule has 2 aliphatic heterocycles. The van der Waals surface area contributed by atoms with Crippen LogP contribution in [0.1, 0.15) is 41.9 Å². The zero-order chi connectivity index (χ0) is 23.4. The third kappa shape index (κ3) is 3.22. The summed E-state index contributed by atoms with van der Waals surface area (Å²) in [5.74, 6) is 1.05. The second-order valence-electron chi connectivity index (χ2n) is 9.47. The van der Waals surface area contributed by atoms with E-state index in [9.17, 15) is 4.79 Å². The quantitative estimate of drug-likeness (QED) is 0.554. The zero-order valence-corrected chi connectivity index (χ0v) is 19.8. The molecule has 3 aromatic carbocycles. The third-order valence-electron chi connectivity index (χ3n) is 7.53. The summed E-state index contributed by atoms with van der Waals surface area (Å²) in [6, 6.07) is 22.3. The molecule has 6 heteroatoms. The van der Waals surface area contributed by atoms with Gasteiger partial charge in [0.1, 0.15) is 11.9 Å². The Morgan fingerprint density at radius 2 is 1.91 bits per heavy atom. The van der Waals surface area contributed by atoms with Crippen molar-refractivity contribution >= 4 is 23.5 Å². The van der Waals surface area contributed by atoms with E-state index in [0.717, 1.165) is 36.0 Å². The first-order chi connectivity index (χ1) is 16.5. The zero-order valence-electron chi connectivity index (χ0n) is 19.0. The van der Waals surface area contributed by atoms with Crippen LogP contribution >= 0.6 is 11.6 Å². The standard InChI is InChI=1S/C28H26ClN3O2/c1-32-26(33)28(31-27(32)30)16-25(22-11-5-7-17-6-2-3-10-21(17)22)34-24-13-12-19(15-23(24)28)18-8-4-9-20(29)14-18/h2-4,6,8-10,12-15,22,25H,5,7,11,16H2,1H3,(H2,30,31). The van der Waals surface area contributed by atoms with Gasteiger partial charge in [-0.05, 0) is 65.8 Å². The molecule has 0 fully saturated rings. The van der Waals surface area contributed by atoms with Crippen LogP contribution in [0.25, 0.3) is 11.1 Å². The lowest BCUT2D eigenvalue weighted by Crippen LogP contribution is -2.47. The second kappa shape index (κ2) is 7.88. The number of halogens is 1. The summed E-state index contributed by atoms with van der Waals surface area (Å²) in [4.78, 5) is 20.0. The number of guanidine groups is 1. The molecule has 0 saturated carbocycles. The van der Waals surface area contributed by atoms with Gasteiger partial charge in [0.25, 0.3) is 5.91 Å². The number of benzene rings is 3. The van der Waals surface area contributed by atoms with Gasteiger partial charge >= 0.3 is 0 Å². The van der Waals surface area contributed by atoms with E-state index >= 15 is 0 Å². The maximum absolute atomic E-state index is 13.7. The van der Waals surface area contributed by atoms with Crippen LogP contribution in [-0.4, -0.2) is 29.9 Å². The smallest absolute Gasteiger partial charge is 0.261 e. The van der Waals surface area contributed by atoms with Crippen LogP contribution in [0.5, 0.6) is 5.75 Å². The summed E-state index contributed by atoms with van der Waals surface area (Å²) >= 11 is 6.24. The lowest BCUT2D eigenvalue weighted by Gasteiger charge is -2.41. The van der Waals surface area contributed by atoms with Crippen LogP contribution in [-0.2, 0) is 16.8 Å². The molecule has 5 nitrogen and oxygen atoms in total.